The van der Waals surface area contributed by atoms with E-state index in [-0.39, 0.29) is 5.91 Å². The quantitative estimate of drug-likeness (QED) is 0.497. The van der Waals surface area contributed by atoms with E-state index >= 15 is 0 Å². The number of carbonyl (C=O) groups excluding carboxylic acids is 1. The van der Waals surface area contributed by atoms with Crippen molar-refractivity contribution in [1.82, 2.24) is 5.32 Å². The molecule has 1 unspecified atom stereocenters. The molecule has 6 heteroatoms. The molecule has 102 valence electrons. The molecule has 1 rings (SSSR count). The molecule has 0 aromatic heterocycles. The molecule has 18 heavy (non-hydrogen) atoms. The van der Waals surface area contributed by atoms with Gasteiger partial charge in [-0.15, -0.1) is 0 Å². The number of carbonyl (C=O) groups is 1. The summed E-state index contributed by atoms with van der Waals surface area (Å²) < 4.78 is 14.8. The summed E-state index contributed by atoms with van der Waals surface area (Å²) in [6, 6.07) is 0. The predicted octanol–water partition coefficient (Wildman–Crippen LogP) is 1.95. The Hall–Kier alpha value is -0.900. The number of amides is 1. The highest BCUT2D eigenvalue weighted by Crippen LogP contribution is 2.15. The summed E-state index contributed by atoms with van der Waals surface area (Å²) in [6.07, 6.45) is 10.0. The van der Waals surface area contributed by atoms with Crippen LogP contribution in [0.3, 0.4) is 0 Å². The van der Waals surface area contributed by atoms with E-state index in [2.05, 4.69) is 9.84 Å². The maximum absolute atomic E-state index is 11.6. The van der Waals surface area contributed by atoms with Crippen molar-refractivity contribution in [3.8, 4) is 0 Å². The highest BCUT2D eigenvalue weighted by Gasteiger charge is 2.08. The second-order valence-electron chi connectivity index (χ2n) is 4.11. The molecule has 0 aromatic rings. The zero-order valence-corrected chi connectivity index (χ0v) is 11.4. The fourth-order valence-electron chi connectivity index (χ4n) is 1.67. The van der Waals surface area contributed by atoms with Gasteiger partial charge in [0.25, 0.3) is 0 Å². The number of hydrogen-bond acceptors (Lipinski definition) is 3. The van der Waals surface area contributed by atoms with Gasteiger partial charge in [0.15, 0.2) is 0 Å². The number of nitrogens with one attached hydrogen (secondary N) is 1. The van der Waals surface area contributed by atoms with Gasteiger partial charge in [0.2, 0.25) is 5.91 Å². The third kappa shape index (κ3) is 6.74. The van der Waals surface area contributed by atoms with E-state index in [1.165, 1.54) is 0 Å². The van der Waals surface area contributed by atoms with Gasteiger partial charge in [0.1, 0.15) is 0 Å². The lowest BCUT2D eigenvalue weighted by Gasteiger charge is -2.05. The molecule has 1 aliphatic carbocycles. The maximum Gasteiger partial charge on any atom is 0.316 e. The summed E-state index contributed by atoms with van der Waals surface area (Å²) in [6.45, 7) is 1.01. The number of rotatable bonds is 9. The van der Waals surface area contributed by atoms with E-state index in [0.717, 1.165) is 37.7 Å². The molecule has 0 bridgehead atoms. The molecule has 0 aromatic carbocycles. The van der Waals surface area contributed by atoms with E-state index in [1.54, 1.807) is 0 Å². The third-order valence-corrected chi connectivity index (χ3v) is 3.10. The Morgan fingerprint density at radius 1 is 1.39 bits per heavy atom. The topological polar surface area (TPSA) is 75.6 Å². The van der Waals surface area contributed by atoms with E-state index < -0.39 is 8.25 Å². The Kier molecular flexibility index (Phi) is 7.65. The molecular formula is C12H20NO4P. The van der Waals surface area contributed by atoms with Gasteiger partial charge >= 0.3 is 8.25 Å². The summed E-state index contributed by atoms with van der Waals surface area (Å²) in [5, 5.41) is 2.87. The molecule has 5 nitrogen and oxygen atoms in total. The molecule has 0 fully saturated rings. The van der Waals surface area contributed by atoms with Gasteiger partial charge in [-0.25, -0.2) is 0 Å². The van der Waals surface area contributed by atoms with Crippen molar-refractivity contribution >= 4 is 14.2 Å². The van der Waals surface area contributed by atoms with Crippen molar-refractivity contribution in [1.29, 1.82) is 0 Å². The average molecular weight is 273 g/mol. The molecule has 1 atom stereocenters. The fraction of sp³-hybridized carbons (Fsp3) is 0.583. The number of allylic oxidation sites excluding steroid dienone is 3. The van der Waals surface area contributed by atoms with Crippen LogP contribution in [0.25, 0.3) is 0 Å². The lowest BCUT2D eigenvalue weighted by molar-refractivity contribution is -0.117. The molecular weight excluding hydrogens is 253 g/mol. The van der Waals surface area contributed by atoms with Crippen molar-refractivity contribution in [3.63, 3.8) is 0 Å². The van der Waals surface area contributed by atoms with Crippen LogP contribution < -0.4 is 5.32 Å². The van der Waals surface area contributed by atoms with Crippen LogP contribution in [0.5, 0.6) is 0 Å². The maximum atomic E-state index is 11.6. The van der Waals surface area contributed by atoms with Crippen LogP contribution in [-0.4, -0.2) is 24.0 Å². The first kappa shape index (κ1) is 15.2. The van der Waals surface area contributed by atoms with Crippen molar-refractivity contribution in [2.45, 2.75) is 32.1 Å². The zero-order valence-electron chi connectivity index (χ0n) is 10.4. The highest BCUT2D eigenvalue weighted by molar-refractivity contribution is 7.32. The molecule has 0 radical (unpaired) electrons. The summed E-state index contributed by atoms with van der Waals surface area (Å²) in [5.41, 5.74) is 0.816. The van der Waals surface area contributed by atoms with Crippen LogP contribution in [-0.2, 0) is 13.9 Å². The Bertz CT molecular complexity index is 352. The lowest BCUT2D eigenvalue weighted by atomic mass is 10.2. The first-order valence-corrected chi connectivity index (χ1v) is 7.46. The van der Waals surface area contributed by atoms with Crippen LogP contribution in [0.15, 0.2) is 23.8 Å². The summed E-state index contributed by atoms with van der Waals surface area (Å²) in [4.78, 5) is 20.0. The van der Waals surface area contributed by atoms with Gasteiger partial charge in [-0.05, 0) is 19.3 Å². The Morgan fingerprint density at radius 3 is 2.83 bits per heavy atom. The smallest absolute Gasteiger partial charge is 0.316 e. The first-order valence-electron chi connectivity index (χ1n) is 6.20. The van der Waals surface area contributed by atoms with E-state index in [0.29, 0.717) is 13.2 Å². The molecule has 0 saturated heterocycles. The first-order chi connectivity index (χ1) is 8.70. The average Bonchev–Trinajstić information content (AvgIpc) is 2.85. The van der Waals surface area contributed by atoms with Gasteiger partial charge in [0.05, 0.1) is 6.61 Å². The molecule has 2 N–H and O–H groups in total. The van der Waals surface area contributed by atoms with Crippen molar-refractivity contribution in [3.05, 3.63) is 23.8 Å². The van der Waals surface area contributed by atoms with E-state index in [1.807, 2.05) is 18.2 Å². The molecule has 1 amide bonds. The van der Waals surface area contributed by atoms with Gasteiger partial charge in [-0.3, -0.25) is 9.36 Å². The highest BCUT2D eigenvalue weighted by atomic mass is 31.1. The Morgan fingerprint density at radius 2 is 2.17 bits per heavy atom. The molecule has 1 aliphatic rings. The molecule has 0 aliphatic heterocycles. The largest absolute Gasteiger partial charge is 0.352 e. The molecule has 0 spiro atoms. The van der Waals surface area contributed by atoms with E-state index in [4.69, 9.17) is 4.89 Å². The minimum Gasteiger partial charge on any atom is -0.352 e. The molecule has 0 saturated carbocycles. The SMILES string of the molecule is O=C(NCCCCCCO[PH](=O)O)C1=CC=CC1. The molecule has 0 heterocycles. The van der Waals surface area contributed by atoms with Crippen LogP contribution in [0.1, 0.15) is 32.1 Å². The monoisotopic (exact) mass is 273 g/mol. The minimum atomic E-state index is -2.77. The lowest BCUT2D eigenvalue weighted by Crippen LogP contribution is -2.25. The van der Waals surface area contributed by atoms with Crippen LogP contribution in [0, 0.1) is 0 Å². The summed E-state index contributed by atoms with van der Waals surface area (Å²) in [7, 11) is -2.77. The van der Waals surface area contributed by atoms with Gasteiger partial charge in [-0.2, -0.15) is 0 Å². The standard InChI is InChI=1S/C12H20NO4P/c14-12(11-7-3-4-8-11)13-9-5-1-2-6-10-17-18(15)16/h3-4,7,18H,1-2,5-6,8-10H2,(H,13,14)(H,15,16). The second-order valence-corrected chi connectivity index (χ2v) is 4.93. The second kappa shape index (κ2) is 9.09. The summed E-state index contributed by atoms with van der Waals surface area (Å²) >= 11 is 0. The van der Waals surface area contributed by atoms with Crippen molar-refractivity contribution in [2.75, 3.05) is 13.2 Å². The number of unbranched alkanes of at least 4 members (excludes halogenated alkanes) is 3. The van der Waals surface area contributed by atoms with Crippen molar-refractivity contribution in [2.24, 2.45) is 0 Å². The van der Waals surface area contributed by atoms with Gasteiger partial charge in [0, 0.05) is 12.1 Å². The number of hydrogen-bond donors (Lipinski definition) is 2. The van der Waals surface area contributed by atoms with Gasteiger partial charge in [-0.1, -0.05) is 31.1 Å². The minimum absolute atomic E-state index is 0.0159. The Balaban J connectivity index is 1.89. The third-order valence-electron chi connectivity index (χ3n) is 2.65. The van der Waals surface area contributed by atoms with Crippen LogP contribution >= 0.6 is 8.25 Å². The predicted molar refractivity (Wildman–Crippen MR) is 70.5 cm³/mol. The van der Waals surface area contributed by atoms with E-state index in [9.17, 15) is 9.36 Å². The van der Waals surface area contributed by atoms with Crippen molar-refractivity contribution < 1.29 is 18.8 Å². The van der Waals surface area contributed by atoms with Crippen LogP contribution in [0.4, 0.5) is 0 Å². The summed E-state index contributed by atoms with van der Waals surface area (Å²) in [5.74, 6) is 0.0159. The zero-order chi connectivity index (χ0) is 13.2. The van der Waals surface area contributed by atoms with Crippen LogP contribution in [0.2, 0.25) is 0 Å². The normalized spacial score (nSPS) is 15.5. The van der Waals surface area contributed by atoms with Gasteiger partial charge < -0.3 is 14.7 Å². The fourth-order valence-corrected chi connectivity index (χ4v) is 1.99. The Labute approximate surface area is 108 Å².